The van der Waals surface area contributed by atoms with E-state index >= 15 is 0 Å². The number of hydrogen-bond donors (Lipinski definition) is 2. The molecule has 31 heavy (non-hydrogen) atoms. The third kappa shape index (κ3) is 4.61. The molecule has 7 nitrogen and oxygen atoms in total. The number of aliphatic hydroxyl groups is 1. The van der Waals surface area contributed by atoms with Gasteiger partial charge in [-0.25, -0.2) is 15.0 Å². The Morgan fingerprint density at radius 3 is 2.61 bits per heavy atom. The van der Waals surface area contributed by atoms with Crippen molar-refractivity contribution in [1.82, 2.24) is 19.5 Å². The number of halogens is 2. The number of nitrogens with zero attached hydrogens (tertiary/aromatic N) is 4. The minimum absolute atomic E-state index is 0.00337. The molecule has 0 aliphatic heterocycles. The van der Waals surface area contributed by atoms with Gasteiger partial charge in [-0.05, 0) is 30.7 Å². The Morgan fingerprint density at radius 1 is 1.10 bits per heavy atom. The molecule has 4 rings (SSSR count). The monoisotopic (exact) mass is 425 g/mol. The van der Waals surface area contributed by atoms with Crippen molar-refractivity contribution in [2.75, 3.05) is 18.5 Å². The maximum absolute atomic E-state index is 12.8. The van der Waals surface area contributed by atoms with E-state index in [9.17, 15) is 8.78 Å². The first-order chi connectivity index (χ1) is 15.0. The number of nitrogens with one attached hydrogen (secondary N) is 1. The molecule has 0 amide bonds. The van der Waals surface area contributed by atoms with Gasteiger partial charge in [0.25, 0.3) is 0 Å². The van der Waals surface area contributed by atoms with Crippen LogP contribution in [0.25, 0.3) is 22.2 Å². The fourth-order valence-corrected chi connectivity index (χ4v) is 3.37. The smallest absolute Gasteiger partial charge is 0.387 e. The first-order valence-corrected chi connectivity index (χ1v) is 9.72. The maximum Gasteiger partial charge on any atom is 0.387 e. The summed E-state index contributed by atoms with van der Waals surface area (Å²) in [6, 6.07) is 12.6. The fraction of sp³-hybridized carbons (Fsp3) is 0.227. The van der Waals surface area contributed by atoms with Crippen molar-refractivity contribution < 1.29 is 18.6 Å². The third-order valence-corrected chi connectivity index (χ3v) is 4.84. The lowest BCUT2D eigenvalue weighted by Gasteiger charge is -2.13. The summed E-state index contributed by atoms with van der Waals surface area (Å²) in [6.45, 7) is -0.295. The van der Waals surface area contributed by atoms with E-state index in [0.29, 0.717) is 24.6 Å². The highest BCUT2D eigenvalue weighted by molar-refractivity contribution is 5.82. The largest absolute Gasteiger partial charge is 0.434 e. The summed E-state index contributed by atoms with van der Waals surface area (Å²) < 4.78 is 32.2. The molecule has 0 atom stereocenters. The topological polar surface area (TPSA) is 85.1 Å². The summed E-state index contributed by atoms with van der Waals surface area (Å²) in [6.07, 6.45) is 3.40. The Kier molecular flexibility index (Phi) is 6.03. The van der Waals surface area contributed by atoms with E-state index in [1.807, 2.05) is 29.7 Å². The standard InChI is InChI=1S/C22H21F2N5O2/c1-14-28-18-7-6-15(17-11-26-22(27-12-17)25-8-9-30)10-19(18)29(14)13-16-4-2-3-5-20(16)31-21(23)24/h2-7,10-12,21,30H,8-9,13H2,1H3,(H,25,26,27). The molecule has 0 spiro atoms. The summed E-state index contributed by atoms with van der Waals surface area (Å²) in [4.78, 5) is 13.1. The van der Waals surface area contributed by atoms with Crippen LogP contribution in [0.4, 0.5) is 14.7 Å². The number of rotatable bonds is 8. The van der Waals surface area contributed by atoms with Gasteiger partial charge in [0.15, 0.2) is 0 Å². The number of fused-ring (bicyclic) bond motifs is 1. The van der Waals surface area contributed by atoms with E-state index in [4.69, 9.17) is 5.11 Å². The van der Waals surface area contributed by atoms with Gasteiger partial charge in [-0.3, -0.25) is 0 Å². The van der Waals surface area contributed by atoms with Gasteiger partial charge in [-0.1, -0.05) is 24.3 Å². The minimum Gasteiger partial charge on any atom is -0.434 e. The quantitative estimate of drug-likeness (QED) is 0.446. The summed E-state index contributed by atoms with van der Waals surface area (Å²) in [5, 5.41) is 11.8. The molecule has 4 aromatic rings. The predicted molar refractivity (Wildman–Crippen MR) is 113 cm³/mol. The van der Waals surface area contributed by atoms with Crippen LogP contribution in [0.1, 0.15) is 11.4 Å². The number of aliphatic hydroxyl groups excluding tert-OH is 1. The molecule has 0 saturated carbocycles. The zero-order valence-corrected chi connectivity index (χ0v) is 16.8. The van der Waals surface area contributed by atoms with Gasteiger partial charge in [-0.2, -0.15) is 8.78 Å². The number of aromatic nitrogens is 4. The summed E-state index contributed by atoms with van der Waals surface area (Å²) in [5.41, 5.74) is 4.03. The first-order valence-electron chi connectivity index (χ1n) is 9.72. The van der Waals surface area contributed by atoms with Gasteiger partial charge in [0, 0.05) is 30.1 Å². The van der Waals surface area contributed by atoms with Gasteiger partial charge in [0.1, 0.15) is 11.6 Å². The minimum atomic E-state index is -2.89. The molecule has 0 aliphatic carbocycles. The second-order valence-electron chi connectivity index (χ2n) is 6.88. The summed E-state index contributed by atoms with van der Waals surface area (Å²) in [5.74, 6) is 1.35. The van der Waals surface area contributed by atoms with E-state index < -0.39 is 6.61 Å². The van der Waals surface area contributed by atoms with Crippen LogP contribution in [0, 0.1) is 6.92 Å². The van der Waals surface area contributed by atoms with E-state index in [1.165, 1.54) is 6.07 Å². The van der Waals surface area contributed by atoms with Crippen molar-refractivity contribution >= 4 is 17.0 Å². The number of aryl methyl sites for hydroxylation is 1. The average molecular weight is 425 g/mol. The molecule has 9 heteroatoms. The summed E-state index contributed by atoms with van der Waals surface area (Å²) >= 11 is 0. The van der Waals surface area contributed by atoms with Gasteiger partial charge < -0.3 is 19.7 Å². The van der Waals surface area contributed by atoms with Crippen molar-refractivity contribution in [3.63, 3.8) is 0 Å². The van der Waals surface area contributed by atoms with E-state index in [-0.39, 0.29) is 12.4 Å². The highest BCUT2D eigenvalue weighted by atomic mass is 19.3. The molecule has 0 bridgehead atoms. The molecule has 160 valence electrons. The van der Waals surface area contributed by atoms with Gasteiger partial charge in [0.05, 0.1) is 24.2 Å². The van der Waals surface area contributed by atoms with Gasteiger partial charge in [-0.15, -0.1) is 0 Å². The first kappa shape index (κ1) is 20.7. The van der Waals surface area contributed by atoms with Crippen molar-refractivity contribution in [2.45, 2.75) is 20.1 Å². The van der Waals surface area contributed by atoms with E-state index in [0.717, 1.165) is 28.0 Å². The van der Waals surface area contributed by atoms with Gasteiger partial charge >= 0.3 is 6.61 Å². The molecule has 2 aromatic carbocycles. The van der Waals surface area contributed by atoms with Crippen LogP contribution in [0.5, 0.6) is 5.75 Å². The molecule has 0 fully saturated rings. The molecule has 0 unspecified atom stereocenters. The lowest BCUT2D eigenvalue weighted by Crippen LogP contribution is -2.08. The second kappa shape index (κ2) is 9.05. The average Bonchev–Trinajstić information content (AvgIpc) is 3.08. The Balaban J connectivity index is 1.67. The lowest BCUT2D eigenvalue weighted by atomic mass is 10.1. The van der Waals surface area contributed by atoms with Crippen LogP contribution in [0.2, 0.25) is 0 Å². The van der Waals surface area contributed by atoms with Crippen LogP contribution in [0.3, 0.4) is 0 Å². The lowest BCUT2D eigenvalue weighted by molar-refractivity contribution is -0.0504. The van der Waals surface area contributed by atoms with Gasteiger partial charge in [0.2, 0.25) is 5.95 Å². The zero-order chi connectivity index (χ0) is 21.8. The highest BCUT2D eigenvalue weighted by Crippen LogP contribution is 2.27. The molecule has 2 N–H and O–H groups in total. The SMILES string of the molecule is Cc1nc2ccc(-c3cnc(NCCO)nc3)cc2n1Cc1ccccc1OC(F)F. The van der Waals surface area contributed by atoms with Crippen molar-refractivity contribution in [3.05, 3.63) is 66.2 Å². The number of benzene rings is 2. The molecule has 0 aliphatic rings. The molecular formula is C22H21F2N5O2. The molecule has 2 aromatic heterocycles. The van der Waals surface area contributed by atoms with E-state index in [2.05, 4.69) is 25.0 Å². The zero-order valence-electron chi connectivity index (χ0n) is 16.8. The molecule has 0 radical (unpaired) electrons. The Morgan fingerprint density at radius 2 is 1.87 bits per heavy atom. The van der Waals surface area contributed by atoms with Crippen molar-refractivity contribution in [3.8, 4) is 16.9 Å². The van der Waals surface area contributed by atoms with Crippen LogP contribution < -0.4 is 10.1 Å². The number of anilines is 1. The van der Waals surface area contributed by atoms with Crippen molar-refractivity contribution in [1.29, 1.82) is 0 Å². The maximum atomic E-state index is 12.8. The second-order valence-corrected chi connectivity index (χ2v) is 6.88. The Labute approximate surface area is 177 Å². The molecule has 0 saturated heterocycles. The molecular weight excluding hydrogens is 404 g/mol. The van der Waals surface area contributed by atoms with Crippen LogP contribution in [-0.4, -0.2) is 44.4 Å². The van der Waals surface area contributed by atoms with Crippen LogP contribution in [-0.2, 0) is 6.54 Å². The Bertz CT molecular complexity index is 1180. The summed E-state index contributed by atoms with van der Waals surface area (Å²) in [7, 11) is 0. The van der Waals surface area contributed by atoms with E-state index in [1.54, 1.807) is 30.6 Å². The fourth-order valence-electron chi connectivity index (χ4n) is 3.37. The van der Waals surface area contributed by atoms with Crippen LogP contribution >= 0.6 is 0 Å². The normalized spacial score (nSPS) is 11.3. The van der Waals surface area contributed by atoms with Crippen LogP contribution in [0.15, 0.2) is 54.9 Å². The third-order valence-electron chi connectivity index (χ3n) is 4.84. The van der Waals surface area contributed by atoms with Crippen molar-refractivity contribution in [2.24, 2.45) is 0 Å². The number of para-hydroxylation sites is 1. The Hall–Kier alpha value is -3.59. The highest BCUT2D eigenvalue weighted by Gasteiger charge is 2.14. The number of alkyl halides is 2. The molecule has 2 heterocycles. The predicted octanol–water partition coefficient (Wildman–Crippen LogP) is 3.86. The number of ether oxygens (including phenoxy) is 1. The number of imidazole rings is 1. The number of hydrogen-bond acceptors (Lipinski definition) is 6.